The summed E-state index contributed by atoms with van der Waals surface area (Å²) in [5.41, 5.74) is 7.89. The molecule has 0 saturated heterocycles. The Labute approximate surface area is 109 Å². The third-order valence-electron chi connectivity index (χ3n) is 2.83. The molecule has 3 nitrogen and oxygen atoms in total. The predicted octanol–water partition coefficient (Wildman–Crippen LogP) is 2.75. The number of halogens is 1. The maximum atomic E-state index is 6.21. The fourth-order valence-electron chi connectivity index (χ4n) is 1.98. The van der Waals surface area contributed by atoms with Gasteiger partial charge in [-0.15, -0.1) is 0 Å². The molecule has 3 rings (SSSR count). The number of rotatable bonds is 1. The van der Waals surface area contributed by atoms with Crippen LogP contribution in [-0.2, 0) is 0 Å². The van der Waals surface area contributed by atoms with Crippen LogP contribution in [0.25, 0.3) is 16.6 Å². The molecule has 1 aromatic heterocycles. The zero-order valence-electron chi connectivity index (χ0n) is 9.55. The van der Waals surface area contributed by atoms with E-state index in [-0.39, 0.29) is 0 Å². The van der Waals surface area contributed by atoms with Crippen LogP contribution >= 0.6 is 11.6 Å². The third-order valence-corrected chi connectivity index (χ3v) is 3.09. The molecule has 1 heterocycles. The lowest BCUT2D eigenvalue weighted by Crippen LogP contribution is -2.36. The number of nitrogens with zero attached hydrogens (tertiary/aromatic N) is 2. The molecule has 2 aromatic carbocycles. The fourth-order valence-corrected chi connectivity index (χ4v) is 2.26. The van der Waals surface area contributed by atoms with Gasteiger partial charge in [0.25, 0.3) is 0 Å². The van der Waals surface area contributed by atoms with Crippen molar-refractivity contribution in [3.05, 3.63) is 59.9 Å². The number of para-hydroxylation sites is 2. The average Bonchev–Trinajstić information content (AvgIpc) is 2.40. The van der Waals surface area contributed by atoms with Gasteiger partial charge in [0, 0.05) is 0 Å². The van der Waals surface area contributed by atoms with Crippen LogP contribution in [0.2, 0.25) is 5.28 Å². The lowest BCUT2D eigenvalue weighted by Gasteiger charge is -2.06. The zero-order chi connectivity index (χ0) is 12.5. The van der Waals surface area contributed by atoms with E-state index in [2.05, 4.69) is 4.98 Å². The minimum Gasteiger partial charge on any atom is -0.318 e. The molecule has 2 N–H and O–H groups in total. The smallest absolute Gasteiger partial charge is 0.318 e. The van der Waals surface area contributed by atoms with Gasteiger partial charge < -0.3 is 5.73 Å². The number of benzene rings is 2. The van der Waals surface area contributed by atoms with Gasteiger partial charge in [-0.25, -0.2) is 0 Å². The number of hydrogen-bond donors (Lipinski definition) is 1. The Hall–Kier alpha value is -2.13. The fraction of sp³-hybridized carbons (Fsp3) is 0. The van der Waals surface area contributed by atoms with Gasteiger partial charge in [0.2, 0.25) is 5.82 Å². The van der Waals surface area contributed by atoms with Crippen LogP contribution in [0.4, 0.5) is 5.82 Å². The maximum Gasteiger partial charge on any atom is 0.340 e. The second-order valence-corrected chi connectivity index (χ2v) is 4.29. The van der Waals surface area contributed by atoms with E-state index in [1.54, 1.807) is 4.57 Å². The van der Waals surface area contributed by atoms with Crippen molar-refractivity contribution in [3.8, 4) is 5.69 Å². The molecule has 0 saturated carbocycles. The predicted molar refractivity (Wildman–Crippen MR) is 72.7 cm³/mol. The molecule has 0 aliphatic heterocycles. The third kappa shape index (κ3) is 1.69. The summed E-state index contributed by atoms with van der Waals surface area (Å²) < 4.78 is 1.74. The van der Waals surface area contributed by atoms with Crippen molar-refractivity contribution in [1.82, 2.24) is 4.98 Å². The van der Waals surface area contributed by atoms with E-state index in [1.165, 1.54) is 0 Å². The molecule has 0 amide bonds. The number of hydrogen-bond acceptors (Lipinski definition) is 2. The number of nitrogens with two attached hydrogens (primary N) is 1. The normalized spacial score (nSPS) is 10.7. The molecule has 0 spiro atoms. The molecule has 3 aromatic rings. The van der Waals surface area contributed by atoms with Gasteiger partial charge in [-0.05, 0) is 35.9 Å². The number of aromatic nitrogens is 2. The van der Waals surface area contributed by atoms with Crippen molar-refractivity contribution >= 4 is 28.3 Å². The highest BCUT2D eigenvalue weighted by molar-refractivity contribution is 6.27. The van der Waals surface area contributed by atoms with Gasteiger partial charge in [-0.3, -0.25) is 0 Å². The number of nitrogen functional groups attached to an aromatic ring is 1. The first-order chi connectivity index (χ1) is 8.77. The molecule has 4 heteroatoms. The molecule has 88 valence electrons. The van der Waals surface area contributed by atoms with E-state index in [9.17, 15) is 0 Å². The van der Waals surface area contributed by atoms with Crippen molar-refractivity contribution < 1.29 is 4.57 Å². The van der Waals surface area contributed by atoms with Gasteiger partial charge in [0.1, 0.15) is 5.69 Å². The van der Waals surface area contributed by atoms with Crippen LogP contribution in [0.1, 0.15) is 0 Å². The number of fused-ring (bicyclic) bond motifs is 1. The molecular formula is C14H11ClN3+. The first-order valence-corrected chi connectivity index (χ1v) is 5.96. The Kier molecular flexibility index (Phi) is 2.61. The van der Waals surface area contributed by atoms with Crippen molar-refractivity contribution in [2.75, 3.05) is 5.73 Å². The summed E-state index contributed by atoms with van der Waals surface area (Å²) in [4.78, 5) is 4.36. The van der Waals surface area contributed by atoms with Crippen LogP contribution in [0.15, 0.2) is 54.6 Å². The largest absolute Gasteiger partial charge is 0.340 e. The SMILES string of the molecule is Nc1c2ccccc2nc(Cl)[n+]1-c1ccccc1. The Balaban J connectivity index is 2.37. The zero-order valence-corrected chi connectivity index (χ0v) is 10.3. The average molecular weight is 257 g/mol. The van der Waals surface area contributed by atoms with Crippen LogP contribution in [0.5, 0.6) is 0 Å². The monoisotopic (exact) mass is 256 g/mol. The van der Waals surface area contributed by atoms with E-state index < -0.39 is 0 Å². The molecule has 0 fully saturated rings. The molecule has 0 atom stereocenters. The quantitative estimate of drug-likeness (QED) is 0.537. The van der Waals surface area contributed by atoms with Gasteiger partial charge in [-0.2, -0.15) is 4.57 Å². The van der Waals surface area contributed by atoms with Crippen LogP contribution in [0.3, 0.4) is 0 Å². The molecule has 0 unspecified atom stereocenters. The Bertz CT molecular complexity index is 711. The van der Waals surface area contributed by atoms with E-state index in [4.69, 9.17) is 17.3 Å². The first-order valence-electron chi connectivity index (χ1n) is 5.58. The maximum absolute atomic E-state index is 6.21. The highest BCUT2D eigenvalue weighted by Crippen LogP contribution is 2.19. The van der Waals surface area contributed by atoms with Crippen LogP contribution in [0, 0.1) is 0 Å². The first kappa shape index (κ1) is 11.0. The topological polar surface area (TPSA) is 42.8 Å². The summed E-state index contributed by atoms with van der Waals surface area (Å²) >= 11 is 6.21. The van der Waals surface area contributed by atoms with Crippen molar-refractivity contribution in [2.24, 2.45) is 0 Å². The van der Waals surface area contributed by atoms with E-state index in [0.717, 1.165) is 16.6 Å². The van der Waals surface area contributed by atoms with Gasteiger partial charge in [0.05, 0.1) is 5.39 Å². The van der Waals surface area contributed by atoms with Crippen molar-refractivity contribution in [2.45, 2.75) is 0 Å². The minimum absolute atomic E-state index is 0.359. The second kappa shape index (κ2) is 4.27. The lowest BCUT2D eigenvalue weighted by atomic mass is 10.2. The highest BCUT2D eigenvalue weighted by atomic mass is 35.5. The Morgan fingerprint density at radius 1 is 0.944 bits per heavy atom. The molecule has 0 radical (unpaired) electrons. The molecule has 0 aliphatic carbocycles. The van der Waals surface area contributed by atoms with Crippen molar-refractivity contribution in [1.29, 1.82) is 0 Å². The molecule has 0 bridgehead atoms. The van der Waals surface area contributed by atoms with E-state index in [0.29, 0.717) is 11.1 Å². The molecule has 0 aliphatic rings. The standard InChI is InChI=1S/C14H10ClN3/c15-14-17-12-9-5-4-8-11(12)13(16)18(14)10-6-2-1-3-7-10/h1-9,16H/p+1. The van der Waals surface area contributed by atoms with Gasteiger partial charge >= 0.3 is 5.28 Å². The highest BCUT2D eigenvalue weighted by Gasteiger charge is 2.17. The van der Waals surface area contributed by atoms with Gasteiger partial charge in [-0.1, -0.05) is 35.3 Å². The summed E-state index contributed by atoms with van der Waals surface area (Å²) in [5, 5.41) is 1.25. The summed E-state index contributed by atoms with van der Waals surface area (Å²) in [5.74, 6) is 0.594. The number of anilines is 1. The summed E-state index contributed by atoms with van der Waals surface area (Å²) in [6, 6.07) is 17.4. The van der Waals surface area contributed by atoms with E-state index in [1.807, 2.05) is 54.6 Å². The Morgan fingerprint density at radius 2 is 1.61 bits per heavy atom. The second-order valence-electron chi connectivity index (χ2n) is 3.95. The van der Waals surface area contributed by atoms with Crippen molar-refractivity contribution in [3.63, 3.8) is 0 Å². The summed E-state index contributed by atoms with van der Waals surface area (Å²) in [7, 11) is 0. The van der Waals surface area contributed by atoms with Crippen LogP contribution < -0.4 is 10.3 Å². The van der Waals surface area contributed by atoms with Gasteiger partial charge in [0.15, 0.2) is 5.52 Å². The summed E-state index contributed by atoms with van der Waals surface area (Å²) in [6.45, 7) is 0. The van der Waals surface area contributed by atoms with Crippen LogP contribution in [-0.4, -0.2) is 4.98 Å². The van der Waals surface area contributed by atoms with E-state index >= 15 is 0 Å². The lowest BCUT2D eigenvalue weighted by molar-refractivity contribution is -0.579. The molecule has 18 heavy (non-hydrogen) atoms. The molecular weight excluding hydrogens is 246 g/mol. The Morgan fingerprint density at radius 3 is 2.39 bits per heavy atom. The minimum atomic E-state index is 0.359. The summed E-state index contributed by atoms with van der Waals surface area (Å²) in [6.07, 6.45) is 0.